The van der Waals surface area contributed by atoms with E-state index in [1.807, 2.05) is 60.7 Å². The molecule has 5 heteroatoms. The highest BCUT2D eigenvalue weighted by Gasteiger charge is 2.41. The monoisotopic (exact) mass is 366 g/mol. The third kappa shape index (κ3) is 5.41. The molecule has 1 fully saturated rings. The average molecular weight is 366 g/mol. The van der Waals surface area contributed by atoms with Gasteiger partial charge in [0.05, 0.1) is 13.2 Å². The summed E-state index contributed by atoms with van der Waals surface area (Å²) in [6, 6.07) is 19.4. The van der Waals surface area contributed by atoms with Gasteiger partial charge in [0.15, 0.2) is 0 Å². The molecule has 0 aromatic heterocycles. The molecule has 3 rings (SSSR count). The van der Waals surface area contributed by atoms with Gasteiger partial charge in [0, 0.05) is 18.5 Å². The lowest BCUT2D eigenvalue weighted by Gasteiger charge is -2.42. The highest BCUT2D eigenvalue weighted by atomic mass is 16.5. The maximum atomic E-state index is 12.3. The Morgan fingerprint density at radius 1 is 0.815 bits per heavy atom. The second-order valence-corrected chi connectivity index (χ2v) is 6.96. The standard InChI is InChI=1S/C22H26N2O3/c25-20(23-19-12-6-2-7-13-19)14-8-3-9-15-21(26)24-22(16-27-17-22)18-10-4-1-5-11-18/h1-2,4-7,10-13H,3,8-9,14-17H2,(H,23,25)(H,24,26). The predicted octanol–water partition coefficient (Wildman–Crippen LogP) is 3.62. The number of nitrogens with one attached hydrogen (secondary N) is 2. The minimum atomic E-state index is -0.381. The van der Waals surface area contributed by atoms with Crippen LogP contribution < -0.4 is 10.6 Å². The number of carbonyl (C=O) groups is 2. The second kappa shape index (κ2) is 9.33. The Morgan fingerprint density at radius 3 is 2.00 bits per heavy atom. The average Bonchev–Trinajstić information content (AvgIpc) is 2.66. The molecule has 2 aromatic rings. The maximum Gasteiger partial charge on any atom is 0.224 e. The summed E-state index contributed by atoms with van der Waals surface area (Å²) in [5.74, 6) is 0.0520. The Bertz CT molecular complexity index is 743. The molecule has 1 saturated heterocycles. The van der Waals surface area contributed by atoms with Gasteiger partial charge in [0.25, 0.3) is 0 Å². The zero-order valence-corrected chi connectivity index (χ0v) is 15.4. The van der Waals surface area contributed by atoms with E-state index in [9.17, 15) is 9.59 Å². The fourth-order valence-corrected chi connectivity index (χ4v) is 3.20. The number of rotatable bonds is 9. The zero-order chi connectivity index (χ0) is 19.0. The van der Waals surface area contributed by atoms with Crippen molar-refractivity contribution in [3.8, 4) is 0 Å². The third-order valence-corrected chi connectivity index (χ3v) is 4.77. The van der Waals surface area contributed by atoms with E-state index in [-0.39, 0.29) is 17.4 Å². The van der Waals surface area contributed by atoms with E-state index in [1.54, 1.807) is 0 Å². The fourth-order valence-electron chi connectivity index (χ4n) is 3.20. The molecule has 2 aromatic carbocycles. The number of benzene rings is 2. The third-order valence-electron chi connectivity index (χ3n) is 4.77. The molecule has 0 bridgehead atoms. The second-order valence-electron chi connectivity index (χ2n) is 6.96. The fraction of sp³-hybridized carbons (Fsp3) is 0.364. The smallest absolute Gasteiger partial charge is 0.224 e. The van der Waals surface area contributed by atoms with E-state index in [1.165, 1.54) is 0 Å². The largest absolute Gasteiger partial charge is 0.376 e. The van der Waals surface area contributed by atoms with Crippen molar-refractivity contribution in [1.29, 1.82) is 0 Å². The maximum absolute atomic E-state index is 12.3. The first-order valence-corrected chi connectivity index (χ1v) is 9.47. The van der Waals surface area contributed by atoms with E-state index in [2.05, 4.69) is 10.6 Å². The molecule has 27 heavy (non-hydrogen) atoms. The Kier molecular flexibility index (Phi) is 6.60. The van der Waals surface area contributed by atoms with Crippen molar-refractivity contribution < 1.29 is 14.3 Å². The lowest BCUT2D eigenvalue weighted by molar-refractivity contribution is -0.134. The molecule has 2 amide bonds. The number of ether oxygens (including phenoxy) is 1. The number of hydrogen-bond donors (Lipinski definition) is 2. The molecule has 0 saturated carbocycles. The van der Waals surface area contributed by atoms with Crippen LogP contribution in [0.5, 0.6) is 0 Å². The number of carbonyl (C=O) groups excluding carboxylic acids is 2. The molecule has 1 aliphatic heterocycles. The van der Waals surface area contributed by atoms with E-state index < -0.39 is 0 Å². The summed E-state index contributed by atoms with van der Waals surface area (Å²) in [5, 5.41) is 6.01. The Labute approximate surface area is 160 Å². The Balaban J connectivity index is 1.33. The summed E-state index contributed by atoms with van der Waals surface area (Å²) in [6.07, 6.45) is 3.34. The summed E-state index contributed by atoms with van der Waals surface area (Å²) in [4.78, 5) is 24.2. The van der Waals surface area contributed by atoms with Gasteiger partial charge >= 0.3 is 0 Å². The van der Waals surface area contributed by atoms with Crippen LogP contribution in [0.15, 0.2) is 60.7 Å². The first-order valence-electron chi connectivity index (χ1n) is 9.47. The molecule has 1 heterocycles. The Morgan fingerprint density at radius 2 is 1.41 bits per heavy atom. The number of para-hydroxylation sites is 1. The van der Waals surface area contributed by atoms with Crippen molar-refractivity contribution in [2.75, 3.05) is 18.5 Å². The molecule has 0 aliphatic carbocycles. The van der Waals surface area contributed by atoms with Crippen LogP contribution in [-0.4, -0.2) is 25.0 Å². The van der Waals surface area contributed by atoms with Crippen LogP contribution in [0, 0.1) is 0 Å². The minimum absolute atomic E-state index is 0.0142. The van der Waals surface area contributed by atoms with Crippen molar-refractivity contribution in [1.82, 2.24) is 5.32 Å². The van der Waals surface area contributed by atoms with Gasteiger partial charge in [-0.3, -0.25) is 9.59 Å². The van der Waals surface area contributed by atoms with Crippen LogP contribution in [0.4, 0.5) is 5.69 Å². The molecular formula is C22H26N2O3. The van der Waals surface area contributed by atoms with Gasteiger partial charge in [-0.05, 0) is 30.5 Å². The topological polar surface area (TPSA) is 67.4 Å². The molecule has 2 N–H and O–H groups in total. The van der Waals surface area contributed by atoms with E-state index >= 15 is 0 Å². The van der Waals surface area contributed by atoms with Gasteiger partial charge in [-0.15, -0.1) is 0 Å². The number of anilines is 1. The van der Waals surface area contributed by atoms with Gasteiger partial charge in [-0.2, -0.15) is 0 Å². The molecule has 1 aliphatic rings. The molecule has 0 unspecified atom stereocenters. The van der Waals surface area contributed by atoms with Crippen molar-refractivity contribution in [3.05, 3.63) is 66.2 Å². The molecule has 0 radical (unpaired) electrons. The highest BCUT2D eigenvalue weighted by Crippen LogP contribution is 2.29. The van der Waals surface area contributed by atoms with Gasteiger partial charge in [0.1, 0.15) is 5.54 Å². The number of hydrogen-bond acceptors (Lipinski definition) is 3. The van der Waals surface area contributed by atoms with Gasteiger partial charge in [-0.1, -0.05) is 55.0 Å². The summed E-state index contributed by atoms with van der Waals surface area (Å²) < 4.78 is 5.35. The van der Waals surface area contributed by atoms with Gasteiger partial charge in [-0.25, -0.2) is 0 Å². The SMILES string of the molecule is O=C(CCCCCC(=O)NC1(c2ccccc2)COC1)Nc1ccccc1. The highest BCUT2D eigenvalue weighted by molar-refractivity contribution is 5.90. The number of amides is 2. The summed E-state index contributed by atoms with van der Waals surface area (Å²) in [5.41, 5.74) is 1.52. The van der Waals surface area contributed by atoms with Gasteiger partial charge in [0.2, 0.25) is 11.8 Å². The van der Waals surface area contributed by atoms with Crippen LogP contribution in [0.2, 0.25) is 0 Å². The summed E-state index contributed by atoms with van der Waals surface area (Å²) >= 11 is 0. The first-order chi connectivity index (χ1) is 13.2. The first kappa shape index (κ1) is 19.1. The van der Waals surface area contributed by atoms with E-state index in [0.717, 1.165) is 30.5 Å². The normalized spacial score (nSPS) is 14.8. The Hall–Kier alpha value is -2.66. The van der Waals surface area contributed by atoms with Crippen molar-refractivity contribution >= 4 is 17.5 Å². The van der Waals surface area contributed by atoms with Crippen molar-refractivity contribution in [2.45, 2.75) is 37.6 Å². The van der Waals surface area contributed by atoms with E-state index in [0.29, 0.717) is 26.1 Å². The summed E-state index contributed by atoms with van der Waals surface area (Å²) in [6.45, 7) is 1.03. The molecule has 0 spiro atoms. The quantitative estimate of drug-likeness (QED) is 0.666. The van der Waals surface area contributed by atoms with Crippen LogP contribution in [0.3, 0.4) is 0 Å². The van der Waals surface area contributed by atoms with E-state index in [4.69, 9.17) is 4.74 Å². The zero-order valence-electron chi connectivity index (χ0n) is 15.4. The lowest BCUT2D eigenvalue weighted by atomic mass is 9.87. The molecule has 5 nitrogen and oxygen atoms in total. The minimum Gasteiger partial charge on any atom is -0.376 e. The van der Waals surface area contributed by atoms with Crippen LogP contribution >= 0.6 is 0 Å². The lowest BCUT2D eigenvalue weighted by Crippen LogP contribution is -2.59. The predicted molar refractivity (Wildman–Crippen MR) is 105 cm³/mol. The van der Waals surface area contributed by atoms with Crippen LogP contribution in [0.1, 0.15) is 37.7 Å². The van der Waals surface area contributed by atoms with Crippen molar-refractivity contribution in [2.24, 2.45) is 0 Å². The van der Waals surface area contributed by atoms with Gasteiger partial charge < -0.3 is 15.4 Å². The number of unbranched alkanes of at least 4 members (excludes halogenated alkanes) is 2. The van der Waals surface area contributed by atoms with Crippen LogP contribution in [0.25, 0.3) is 0 Å². The molecule has 142 valence electrons. The summed E-state index contributed by atoms with van der Waals surface area (Å²) in [7, 11) is 0. The molecular weight excluding hydrogens is 340 g/mol. The van der Waals surface area contributed by atoms with Crippen molar-refractivity contribution in [3.63, 3.8) is 0 Å². The van der Waals surface area contributed by atoms with Crippen LogP contribution in [-0.2, 0) is 19.9 Å². The molecule has 0 atom stereocenters.